The molecule has 34 heavy (non-hydrogen) atoms. The minimum Gasteiger partial charge on any atom is -0.486 e. The lowest BCUT2D eigenvalue weighted by Crippen LogP contribution is -2.30. The number of amides is 1. The maximum absolute atomic E-state index is 13.4. The number of pyridine rings is 1. The first kappa shape index (κ1) is 21.4. The van der Waals surface area contributed by atoms with E-state index in [0.717, 1.165) is 5.56 Å². The van der Waals surface area contributed by atoms with Crippen LogP contribution in [-0.2, 0) is 11.3 Å². The molecule has 9 nitrogen and oxygen atoms in total. The van der Waals surface area contributed by atoms with Crippen molar-refractivity contribution in [3.05, 3.63) is 76.2 Å². The smallest absolute Gasteiger partial charge is 0.264 e. The Balaban J connectivity index is 1.41. The molecule has 0 bridgehead atoms. The number of ether oxygens (including phenoxy) is 2. The minimum atomic E-state index is -0.377. The van der Waals surface area contributed by atoms with Crippen molar-refractivity contribution in [3.63, 3.8) is 0 Å². The summed E-state index contributed by atoms with van der Waals surface area (Å²) in [6, 6.07) is 16.3. The fraction of sp³-hybridized carbons (Fsp3) is 0.200. The van der Waals surface area contributed by atoms with E-state index in [1.807, 2.05) is 36.4 Å². The fourth-order valence-corrected chi connectivity index (χ4v) is 3.88. The number of fused-ring (bicyclic) bond motifs is 1. The summed E-state index contributed by atoms with van der Waals surface area (Å²) in [7, 11) is 0. The normalized spacial score (nSPS) is 12.4. The zero-order chi connectivity index (χ0) is 23.7. The van der Waals surface area contributed by atoms with Gasteiger partial charge in [0.15, 0.2) is 11.5 Å². The van der Waals surface area contributed by atoms with E-state index in [1.54, 1.807) is 32.0 Å². The molecule has 1 aliphatic rings. The van der Waals surface area contributed by atoms with E-state index in [9.17, 15) is 9.59 Å². The first-order valence-corrected chi connectivity index (χ1v) is 10.8. The maximum Gasteiger partial charge on any atom is 0.264 e. The maximum atomic E-state index is 13.4. The number of aryl methyl sites for hydroxylation is 2. The van der Waals surface area contributed by atoms with Crippen molar-refractivity contribution in [2.45, 2.75) is 20.4 Å². The molecule has 3 heterocycles. The van der Waals surface area contributed by atoms with Gasteiger partial charge in [0.2, 0.25) is 11.7 Å². The van der Waals surface area contributed by atoms with Crippen LogP contribution in [0.15, 0.2) is 63.9 Å². The van der Waals surface area contributed by atoms with Crippen LogP contribution < -0.4 is 20.3 Å². The van der Waals surface area contributed by atoms with Crippen molar-refractivity contribution >= 4 is 11.6 Å². The average molecular weight is 458 g/mol. The Morgan fingerprint density at radius 1 is 1.03 bits per heavy atom. The van der Waals surface area contributed by atoms with Crippen molar-refractivity contribution < 1.29 is 18.8 Å². The van der Waals surface area contributed by atoms with E-state index in [4.69, 9.17) is 14.0 Å². The Morgan fingerprint density at radius 2 is 1.79 bits per heavy atom. The van der Waals surface area contributed by atoms with E-state index in [-0.39, 0.29) is 29.5 Å². The molecular formula is C25H22N4O5. The highest BCUT2D eigenvalue weighted by molar-refractivity contribution is 5.91. The molecule has 0 unspecified atom stereocenters. The zero-order valence-corrected chi connectivity index (χ0v) is 18.7. The molecule has 1 N–H and O–H groups in total. The second-order valence-electron chi connectivity index (χ2n) is 7.93. The molecule has 0 atom stereocenters. The van der Waals surface area contributed by atoms with Crippen molar-refractivity contribution in [3.8, 4) is 34.3 Å². The number of nitrogens with zero attached hydrogens (tertiary/aromatic N) is 3. The average Bonchev–Trinajstić information content (AvgIpc) is 3.32. The first-order chi connectivity index (χ1) is 16.5. The van der Waals surface area contributed by atoms with Gasteiger partial charge < -0.3 is 23.9 Å². The number of benzene rings is 2. The van der Waals surface area contributed by atoms with Crippen molar-refractivity contribution in [1.29, 1.82) is 0 Å². The molecule has 0 saturated heterocycles. The molecule has 2 aromatic carbocycles. The van der Waals surface area contributed by atoms with Crippen molar-refractivity contribution in [2.24, 2.45) is 0 Å². The number of nitrogens with one attached hydrogen (secondary N) is 1. The largest absolute Gasteiger partial charge is 0.486 e. The molecule has 0 radical (unpaired) electrons. The summed E-state index contributed by atoms with van der Waals surface area (Å²) in [4.78, 5) is 30.6. The van der Waals surface area contributed by atoms with Crippen LogP contribution in [0.3, 0.4) is 0 Å². The second-order valence-corrected chi connectivity index (χ2v) is 7.93. The molecule has 1 amide bonds. The predicted octanol–water partition coefficient (Wildman–Crippen LogP) is 3.59. The molecule has 0 spiro atoms. The van der Waals surface area contributed by atoms with E-state index >= 15 is 0 Å². The van der Waals surface area contributed by atoms with Gasteiger partial charge in [-0.05, 0) is 37.6 Å². The van der Waals surface area contributed by atoms with Gasteiger partial charge >= 0.3 is 0 Å². The fourth-order valence-electron chi connectivity index (χ4n) is 3.88. The molecule has 9 heteroatoms. The Bertz CT molecular complexity index is 1430. The van der Waals surface area contributed by atoms with Gasteiger partial charge in [0.05, 0.1) is 0 Å². The van der Waals surface area contributed by atoms with Crippen LogP contribution >= 0.6 is 0 Å². The SMILES string of the molecule is Cc1cc(C)n(CC(=O)Nc2ccc3c(c2)OCCO3)c(=O)c1-c1nc(-c2ccccc2)no1. The third-order valence-electron chi connectivity index (χ3n) is 5.50. The van der Waals surface area contributed by atoms with E-state index < -0.39 is 0 Å². The van der Waals surface area contributed by atoms with Crippen LogP contribution in [0.1, 0.15) is 11.3 Å². The molecular weight excluding hydrogens is 436 g/mol. The number of aromatic nitrogens is 3. The van der Waals surface area contributed by atoms with Crippen molar-refractivity contribution in [1.82, 2.24) is 14.7 Å². The van der Waals surface area contributed by atoms with Crippen molar-refractivity contribution in [2.75, 3.05) is 18.5 Å². The molecule has 172 valence electrons. The van der Waals surface area contributed by atoms with Gasteiger partial charge in [-0.15, -0.1) is 0 Å². The summed E-state index contributed by atoms with van der Waals surface area (Å²) in [5.41, 5.74) is 2.56. The molecule has 2 aromatic heterocycles. The van der Waals surface area contributed by atoms with Crippen LogP contribution in [0.2, 0.25) is 0 Å². The summed E-state index contributed by atoms with van der Waals surface area (Å²) >= 11 is 0. The first-order valence-electron chi connectivity index (χ1n) is 10.8. The summed E-state index contributed by atoms with van der Waals surface area (Å²) in [5, 5.41) is 6.82. The summed E-state index contributed by atoms with van der Waals surface area (Å²) in [5.74, 6) is 1.35. The molecule has 1 aliphatic heterocycles. The van der Waals surface area contributed by atoms with Crippen LogP contribution in [0.4, 0.5) is 5.69 Å². The number of anilines is 1. The third kappa shape index (κ3) is 4.15. The Hall–Kier alpha value is -4.40. The van der Waals surface area contributed by atoms with Crippen LogP contribution in [0.25, 0.3) is 22.8 Å². The molecule has 0 aliphatic carbocycles. The highest BCUT2D eigenvalue weighted by Gasteiger charge is 2.20. The summed E-state index contributed by atoms with van der Waals surface area (Å²) in [6.45, 7) is 4.34. The number of hydrogen-bond donors (Lipinski definition) is 1. The van der Waals surface area contributed by atoms with E-state index in [0.29, 0.717) is 47.5 Å². The van der Waals surface area contributed by atoms with Gasteiger partial charge in [-0.25, -0.2) is 0 Å². The molecule has 0 fully saturated rings. The van der Waals surface area contributed by atoms with E-state index in [1.165, 1.54) is 4.57 Å². The van der Waals surface area contributed by atoms with Gasteiger partial charge in [0.25, 0.3) is 11.4 Å². The van der Waals surface area contributed by atoms with Crippen LogP contribution in [0, 0.1) is 13.8 Å². The summed E-state index contributed by atoms with van der Waals surface area (Å²) in [6.07, 6.45) is 0. The topological polar surface area (TPSA) is 108 Å². The number of carbonyl (C=O) groups is 1. The lowest BCUT2D eigenvalue weighted by Gasteiger charge is -2.19. The second kappa shape index (κ2) is 8.86. The lowest BCUT2D eigenvalue weighted by atomic mass is 10.1. The quantitative estimate of drug-likeness (QED) is 0.487. The third-order valence-corrected chi connectivity index (χ3v) is 5.50. The number of carbonyl (C=O) groups excluding carboxylic acids is 1. The Labute approximate surface area is 195 Å². The monoisotopic (exact) mass is 458 g/mol. The number of rotatable bonds is 5. The predicted molar refractivity (Wildman–Crippen MR) is 125 cm³/mol. The van der Waals surface area contributed by atoms with Gasteiger partial charge in [0, 0.05) is 23.0 Å². The van der Waals surface area contributed by atoms with Crippen LogP contribution in [-0.4, -0.2) is 33.8 Å². The standard InChI is InChI=1S/C25H22N4O5/c1-15-12-16(2)29(14-21(30)26-18-8-9-19-20(13-18)33-11-10-32-19)25(31)22(15)24-27-23(28-34-24)17-6-4-3-5-7-17/h3-9,12-13H,10-11,14H2,1-2H3,(H,26,30). The highest BCUT2D eigenvalue weighted by atomic mass is 16.6. The Morgan fingerprint density at radius 3 is 2.59 bits per heavy atom. The molecule has 4 aromatic rings. The van der Waals surface area contributed by atoms with Gasteiger partial charge in [-0.2, -0.15) is 4.98 Å². The van der Waals surface area contributed by atoms with Crippen LogP contribution in [0.5, 0.6) is 11.5 Å². The summed E-state index contributed by atoms with van der Waals surface area (Å²) < 4.78 is 17.9. The molecule has 5 rings (SSSR count). The minimum absolute atomic E-state index is 0.113. The van der Waals surface area contributed by atoms with Gasteiger partial charge in [-0.1, -0.05) is 35.5 Å². The van der Waals surface area contributed by atoms with Gasteiger partial charge in [-0.3, -0.25) is 9.59 Å². The molecule has 0 saturated carbocycles. The highest BCUT2D eigenvalue weighted by Crippen LogP contribution is 2.32. The number of hydrogen-bond acceptors (Lipinski definition) is 7. The van der Waals surface area contributed by atoms with Gasteiger partial charge in [0.1, 0.15) is 25.3 Å². The zero-order valence-electron chi connectivity index (χ0n) is 18.7. The lowest BCUT2D eigenvalue weighted by molar-refractivity contribution is -0.116. The van der Waals surface area contributed by atoms with E-state index in [2.05, 4.69) is 15.5 Å². The Kier molecular flexibility index (Phi) is 5.59.